The van der Waals surface area contributed by atoms with Gasteiger partial charge in [-0.15, -0.1) is 0 Å². The Balaban J connectivity index is 0. The Morgan fingerprint density at radius 1 is 1.38 bits per heavy atom. The molecule has 4 N–H and O–H groups in total. The quantitative estimate of drug-likeness (QED) is 0.285. The molecule has 21 heavy (non-hydrogen) atoms. The summed E-state index contributed by atoms with van der Waals surface area (Å²) in [5.74, 6) is -0.817. The third kappa shape index (κ3) is 8.18. The predicted octanol–water partition coefficient (Wildman–Crippen LogP) is -10.2. The number of amides is 1. The first-order valence-electron chi connectivity index (χ1n) is 5.81. The number of phosphoric ester groups is 1. The zero-order chi connectivity index (χ0) is 15.5. The van der Waals surface area contributed by atoms with Crippen LogP contribution in [0.3, 0.4) is 0 Å². The monoisotopic (exact) mass is 346 g/mol. The molecule has 1 aliphatic rings. The van der Waals surface area contributed by atoms with Gasteiger partial charge in [-0.2, -0.15) is 0 Å². The predicted molar refractivity (Wildman–Crippen MR) is 54.1 cm³/mol. The van der Waals surface area contributed by atoms with E-state index in [0.29, 0.717) is 0 Å². The van der Waals surface area contributed by atoms with Crippen LogP contribution in [-0.2, 0) is 18.6 Å². The smallest absolute Gasteiger partial charge is 0.790 e. The number of phosphoric acid groups is 1. The molecule has 13 heteroatoms. The summed E-state index contributed by atoms with van der Waals surface area (Å²) in [4.78, 5) is 31.6. The Morgan fingerprint density at radius 2 is 1.95 bits per heavy atom. The molecule has 1 unspecified atom stereocenters. The normalized spacial score (nSPS) is 33.2. The molecule has 5 atom stereocenters. The topological polar surface area (TPSA) is 171 Å². The Kier molecular flexibility index (Phi) is 11.0. The summed E-state index contributed by atoms with van der Waals surface area (Å²) >= 11 is 0. The third-order valence-corrected chi connectivity index (χ3v) is 2.91. The Morgan fingerprint density at radius 3 is 2.43 bits per heavy atom. The summed E-state index contributed by atoms with van der Waals surface area (Å²) in [5, 5.41) is 31.0. The molecule has 10 nitrogen and oxygen atoms in total. The maximum atomic E-state index is 11.0. The van der Waals surface area contributed by atoms with Crippen LogP contribution in [0.15, 0.2) is 0 Å². The van der Waals surface area contributed by atoms with Crippen molar-refractivity contribution in [3.8, 4) is 0 Å². The number of aliphatic hydroxyl groups is 3. The van der Waals surface area contributed by atoms with Crippen molar-refractivity contribution in [3.05, 3.63) is 0 Å². The van der Waals surface area contributed by atoms with E-state index >= 15 is 0 Å². The van der Waals surface area contributed by atoms with Crippen LogP contribution in [0.5, 0.6) is 0 Å². The minimum absolute atomic E-state index is 0. The molecule has 1 heterocycles. The molecular weight excluding hydrogens is 331 g/mol. The van der Waals surface area contributed by atoms with Gasteiger partial charge < -0.3 is 44.2 Å². The molecule has 1 amide bonds. The second-order valence-corrected chi connectivity index (χ2v) is 5.04. The molecule has 0 aromatic heterocycles. The molecule has 0 aromatic rings. The molecule has 0 saturated carbocycles. The molecule has 1 rings (SSSR count). The van der Waals surface area contributed by atoms with Crippen LogP contribution in [-0.4, -0.2) is 58.5 Å². The number of carbonyl (C=O) groups is 1. The summed E-state index contributed by atoms with van der Waals surface area (Å²) in [5.41, 5.74) is 0. The van der Waals surface area contributed by atoms with Gasteiger partial charge in [0.15, 0.2) is 6.29 Å². The van der Waals surface area contributed by atoms with Crippen LogP contribution < -0.4 is 74.2 Å². The molecule has 0 aromatic carbocycles. The number of hydrogen-bond acceptors (Lipinski definition) is 9. The van der Waals surface area contributed by atoms with Crippen LogP contribution in [0.4, 0.5) is 0 Å². The second-order valence-electron chi connectivity index (χ2n) is 3.88. The maximum Gasteiger partial charge on any atom is 1.00 e. The Bertz CT molecular complexity index is 400. The zero-order valence-corrected chi connectivity index (χ0v) is 16.4. The standard InChI is InChI=1S/C8H16NO9P.2Na/c1-3(10)9-5-7(12)6(11)4(18-8(5)13)2-17-19(14,15)16;;/h4-8,11-13H,2H2,1H3,(H,9,10)(H2,14,15,16);;/q;2*+1/p-2/t4-,5-,6-,7-,8?;;/m1../s1/i1D;;. The first-order valence-corrected chi connectivity index (χ1v) is 6.56. The van der Waals surface area contributed by atoms with Gasteiger partial charge in [0, 0.05) is 8.27 Å². The summed E-state index contributed by atoms with van der Waals surface area (Å²) < 4.78 is 25.7. The van der Waals surface area contributed by atoms with Crippen LogP contribution in [0, 0.1) is 0 Å². The van der Waals surface area contributed by atoms with Crippen LogP contribution in [0.25, 0.3) is 0 Å². The van der Waals surface area contributed by atoms with Crippen LogP contribution in [0.2, 0.25) is 0 Å². The van der Waals surface area contributed by atoms with E-state index < -0.39 is 57.9 Å². The van der Waals surface area contributed by atoms with Gasteiger partial charge >= 0.3 is 59.1 Å². The zero-order valence-electron chi connectivity index (χ0n) is 12.5. The maximum absolute atomic E-state index is 11.0. The van der Waals surface area contributed by atoms with Gasteiger partial charge in [0.25, 0.3) is 0 Å². The third-order valence-electron chi connectivity index (χ3n) is 2.44. The van der Waals surface area contributed by atoms with Crippen molar-refractivity contribution in [1.29, 1.82) is 0 Å². The number of nitrogens with one attached hydrogen (secondary N) is 1. The van der Waals surface area contributed by atoms with E-state index in [1.54, 1.807) is 0 Å². The molecule has 1 aliphatic heterocycles. The number of aliphatic hydroxyl groups excluding tert-OH is 3. The van der Waals surface area contributed by atoms with E-state index in [2.05, 4.69) is 9.84 Å². The molecule has 0 bridgehead atoms. The minimum Gasteiger partial charge on any atom is -0.790 e. The number of hydrogen-bond donors (Lipinski definition) is 4. The van der Waals surface area contributed by atoms with Gasteiger partial charge in [0.05, 0.1) is 14.4 Å². The van der Waals surface area contributed by atoms with Crippen molar-refractivity contribution < 1.29 is 104 Å². The first kappa shape index (κ1) is 22.4. The molecule has 0 radical (unpaired) electrons. The van der Waals surface area contributed by atoms with Crippen LogP contribution >= 0.6 is 7.82 Å². The molecule has 0 aliphatic carbocycles. The van der Waals surface area contributed by atoms with Gasteiger partial charge in [-0.25, -0.2) is 0 Å². The van der Waals surface area contributed by atoms with E-state index in [1.807, 2.05) is 0 Å². The van der Waals surface area contributed by atoms with Crippen molar-refractivity contribution in [3.63, 3.8) is 0 Å². The summed E-state index contributed by atoms with van der Waals surface area (Å²) in [6.07, 6.45) is -6.64. The van der Waals surface area contributed by atoms with Crippen molar-refractivity contribution in [2.75, 3.05) is 6.61 Å². The van der Waals surface area contributed by atoms with Crippen molar-refractivity contribution >= 4 is 13.7 Å². The number of rotatable bonds is 4. The molecular formula is C8H14NNa2O9P. The van der Waals surface area contributed by atoms with Gasteiger partial charge in [-0.05, 0) is 0 Å². The average molecular weight is 346 g/mol. The number of ether oxygens (including phenoxy) is 1. The number of carbonyl (C=O) groups excluding carboxylic acids is 1. The largest absolute Gasteiger partial charge is 1.00 e. The molecule has 112 valence electrons. The fourth-order valence-electron chi connectivity index (χ4n) is 1.59. The Hall–Kier alpha value is 1.42. The van der Waals surface area contributed by atoms with E-state index in [9.17, 15) is 34.5 Å². The van der Waals surface area contributed by atoms with Gasteiger partial charge in [-0.1, -0.05) is 0 Å². The summed E-state index contributed by atoms with van der Waals surface area (Å²) in [6, 6.07) is -1.40. The SMILES string of the molecule is [2H]CC(=O)N[C@H]1C(O)O[C@H](COP(=O)([O-])[O-])[C@@H](O)[C@@H]1O.[Na+].[Na+]. The van der Waals surface area contributed by atoms with E-state index in [4.69, 9.17) is 6.11 Å². The van der Waals surface area contributed by atoms with E-state index in [-0.39, 0.29) is 59.1 Å². The fourth-order valence-corrected chi connectivity index (χ4v) is 1.92. The molecule has 0 spiro atoms. The average Bonchev–Trinajstić information content (AvgIpc) is 2.36. The van der Waals surface area contributed by atoms with Crippen molar-refractivity contribution in [2.24, 2.45) is 0 Å². The van der Waals surface area contributed by atoms with Gasteiger partial charge in [0.1, 0.15) is 24.4 Å². The van der Waals surface area contributed by atoms with Crippen LogP contribution in [0.1, 0.15) is 8.27 Å². The van der Waals surface area contributed by atoms with E-state index in [0.717, 1.165) is 0 Å². The van der Waals surface area contributed by atoms with Gasteiger partial charge in [0.2, 0.25) is 5.91 Å². The van der Waals surface area contributed by atoms with Crippen molar-refractivity contribution in [1.82, 2.24) is 5.32 Å². The summed E-state index contributed by atoms with van der Waals surface area (Å²) in [7, 11) is -5.29. The summed E-state index contributed by atoms with van der Waals surface area (Å²) in [6.45, 7) is -1.55. The second kappa shape index (κ2) is 10.3. The first-order chi connectivity index (χ1) is 9.15. The molecule has 1 fully saturated rings. The minimum atomic E-state index is -5.29. The fraction of sp³-hybridized carbons (Fsp3) is 0.875. The van der Waals surface area contributed by atoms with E-state index in [1.165, 1.54) is 0 Å². The van der Waals surface area contributed by atoms with Crippen molar-refractivity contribution in [2.45, 2.75) is 37.5 Å². The molecule has 1 saturated heterocycles. The Labute approximate surface area is 166 Å². The van der Waals surface area contributed by atoms with Gasteiger partial charge in [-0.3, -0.25) is 4.79 Å².